The van der Waals surface area contributed by atoms with Crippen LogP contribution in [0.4, 0.5) is 5.82 Å². The van der Waals surface area contributed by atoms with Gasteiger partial charge in [-0.05, 0) is 43.4 Å². The molecule has 1 unspecified atom stereocenters. The van der Waals surface area contributed by atoms with E-state index in [4.69, 9.17) is 4.74 Å². The number of carbonyl (C=O) groups excluding carboxylic acids is 1. The topological polar surface area (TPSA) is 89.0 Å². The van der Waals surface area contributed by atoms with Crippen LogP contribution >= 0.6 is 0 Å². The molecule has 1 spiro atoms. The molecule has 0 radical (unpaired) electrons. The van der Waals surface area contributed by atoms with Gasteiger partial charge in [-0.15, -0.1) is 0 Å². The summed E-state index contributed by atoms with van der Waals surface area (Å²) in [5, 5.41) is 6.40. The lowest BCUT2D eigenvalue weighted by Gasteiger charge is -2.35. The molecule has 3 heterocycles. The quantitative estimate of drug-likeness (QED) is 0.675. The maximum Gasteiger partial charge on any atom is 0.228 e. The smallest absolute Gasteiger partial charge is 0.228 e. The molecular formula is C24H25N5O2. The zero-order valence-corrected chi connectivity index (χ0v) is 17.2. The average molecular weight is 415 g/mol. The van der Waals surface area contributed by atoms with Gasteiger partial charge >= 0.3 is 0 Å². The molecule has 1 saturated heterocycles. The zero-order valence-electron chi connectivity index (χ0n) is 17.2. The van der Waals surface area contributed by atoms with Crippen LogP contribution in [0.5, 0.6) is 0 Å². The summed E-state index contributed by atoms with van der Waals surface area (Å²) in [4.78, 5) is 25.7. The van der Waals surface area contributed by atoms with Crippen molar-refractivity contribution in [2.24, 2.45) is 5.92 Å². The maximum absolute atomic E-state index is 12.8. The molecule has 2 fully saturated rings. The summed E-state index contributed by atoms with van der Waals surface area (Å²) < 4.78 is 6.41. The van der Waals surface area contributed by atoms with E-state index in [1.807, 2.05) is 36.4 Å². The Balaban J connectivity index is 1.15. The maximum atomic E-state index is 12.8. The highest BCUT2D eigenvalue weighted by Gasteiger charge is 2.44. The first-order chi connectivity index (χ1) is 15.2. The SMILES string of the molecule is O=C(Nc1cnc(-c2ccccn2)cn1)C1CCC2(CC1)CNC(c1ccccc1)O2. The van der Waals surface area contributed by atoms with E-state index in [-0.39, 0.29) is 23.7 Å². The minimum atomic E-state index is -0.179. The summed E-state index contributed by atoms with van der Waals surface area (Å²) in [7, 11) is 0. The van der Waals surface area contributed by atoms with Crippen LogP contribution in [0.3, 0.4) is 0 Å². The molecule has 5 rings (SSSR count). The molecule has 7 heteroatoms. The minimum absolute atomic E-state index is 0.000279. The Kier molecular flexibility index (Phi) is 5.44. The Morgan fingerprint density at radius 2 is 1.77 bits per heavy atom. The second-order valence-corrected chi connectivity index (χ2v) is 8.24. The molecular weight excluding hydrogens is 390 g/mol. The second-order valence-electron chi connectivity index (χ2n) is 8.24. The number of benzene rings is 1. The van der Waals surface area contributed by atoms with E-state index in [1.165, 1.54) is 0 Å². The molecule has 2 aliphatic rings. The first kappa shape index (κ1) is 19.8. The first-order valence-electron chi connectivity index (χ1n) is 10.7. The highest BCUT2D eigenvalue weighted by Crippen LogP contribution is 2.41. The fourth-order valence-corrected chi connectivity index (χ4v) is 4.39. The third-order valence-corrected chi connectivity index (χ3v) is 6.18. The molecule has 158 valence electrons. The van der Waals surface area contributed by atoms with Crippen LogP contribution in [-0.2, 0) is 9.53 Å². The Hall–Kier alpha value is -3.16. The molecule has 1 atom stereocenters. The van der Waals surface area contributed by atoms with E-state index in [0.717, 1.165) is 43.5 Å². The zero-order chi connectivity index (χ0) is 21.1. The van der Waals surface area contributed by atoms with Gasteiger partial charge in [-0.3, -0.25) is 15.1 Å². The molecule has 2 aromatic heterocycles. The number of hydrogen-bond donors (Lipinski definition) is 2. The van der Waals surface area contributed by atoms with Crippen LogP contribution in [0.15, 0.2) is 67.1 Å². The Morgan fingerprint density at radius 1 is 0.968 bits per heavy atom. The molecule has 1 aliphatic heterocycles. The van der Waals surface area contributed by atoms with E-state index < -0.39 is 0 Å². The van der Waals surface area contributed by atoms with Crippen LogP contribution in [0.25, 0.3) is 11.4 Å². The van der Waals surface area contributed by atoms with Gasteiger partial charge in [0.2, 0.25) is 5.91 Å². The number of nitrogens with zero attached hydrogens (tertiary/aromatic N) is 3. The first-order valence-corrected chi connectivity index (χ1v) is 10.7. The number of hydrogen-bond acceptors (Lipinski definition) is 6. The number of rotatable bonds is 4. The van der Waals surface area contributed by atoms with Gasteiger partial charge in [0.25, 0.3) is 0 Å². The van der Waals surface area contributed by atoms with Gasteiger partial charge in [0.05, 0.1) is 23.7 Å². The highest BCUT2D eigenvalue weighted by molar-refractivity contribution is 5.91. The van der Waals surface area contributed by atoms with E-state index in [1.54, 1.807) is 18.6 Å². The van der Waals surface area contributed by atoms with Gasteiger partial charge in [0, 0.05) is 18.7 Å². The van der Waals surface area contributed by atoms with Crippen LogP contribution in [0.2, 0.25) is 0 Å². The highest BCUT2D eigenvalue weighted by atomic mass is 16.5. The summed E-state index contributed by atoms with van der Waals surface area (Å²) >= 11 is 0. The van der Waals surface area contributed by atoms with Crippen molar-refractivity contribution >= 4 is 11.7 Å². The van der Waals surface area contributed by atoms with Gasteiger partial charge in [-0.25, -0.2) is 9.97 Å². The predicted molar refractivity (Wildman–Crippen MR) is 117 cm³/mol. The normalized spacial score (nSPS) is 25.4. The van der Waals surface area contributed by atoms with Crippen molar-refractivity contribution in [1.29, 1.82) is 0 Å². The number of amides is 1. The van der Waals surface area contributed by atoms with Gasteiger partial charge < -0.3 is 10.1 Å². The lowest BCUT2D eigenvalue weighted by molar-refractivity contribution is -0.124. The number of nitrogens with one attached hydrogen (secondary N) is 2. The van der Waals surface area contributed by atoms with Gasteiger partial charge in [-0.1, -0.05) is 36.4 Å². The summed E-state index contributed by atoms with van der Waals surface area (Å²) in [5.74, 6) is 0.426. The molecule has 1 aliphatic carbocycles. The van der Waals surface area contributed by atoms with Crippen molar-refractivity contribution in [3.63, 3.8) is 0 Å². The number of anilines is 1. The van der Waals surface area contributed by atoms with Crippen LogP contribution in [0.1, 0.15) is 37.5 Å². The molecule has 1 saturated carbocycles. The van der Waals surface area contributed by atoms with Crippen molar-refractivity contribution in [3.8, 4) is 11.4 Å². The number of carbonyl (C=O) groups is 1. The van der Waals surface area contributed by atoms with Crippen molar-refractivity contribution < 1.29 is 9.53 Å². The van der Waals surface area contributed by atoms with Crippen molar-refractivity contribution in [1.82, 2.24) is 20.3 Å². The fourth-order valence-electron chi connectivity index (χ4n) is 4.39. The minimum Gasteiger partial charge on any atom is -0.351 e. The van der Waals surface area contributed by atoms with Crippen molar-refractivity contribution in [3.05, 3.63) is 72.7 Å². The summed E-state index contributed by atoms with van der Waals surface area (Å²) in [6.07, 6.45) is 8.20. The summed E-state index contributed by atoms with van der Waals surface area (Å²) in [6, 6.07) is 15.9. The van der Waals surface area contributed by atoms with Crippen LogP contribution in [0, 0.1) is 5.92 Å². The largest absolute Gasteiger partial charge is 0.351 e. The average Bonchev–Trinajstić information content (AvgIpc) is 3.24. The van der Waals surface area contributed by atoms with Crippen LogP contribution < -0.4 is 10.6 Å². The van der Waals surface area contributed by atoms with Crippen molar-refractivity contribution in [2.45, 2.75) is 37.5 Å². The monoisotopic (exact) mass is 415 g/mol. The number of ether oxygens (including phenoxy) is 1. The van der Waals surface area contributed by atoms with Gasteiger partial charge in [0.15, 0.2) is 5.82 Å². The van der Waals surface area contributed by atoms with Crippen LogP contribution in [-0.4, -0.2) is 33.0 Å². The third kappa shape index (κ3) is 4.33. The lowest BCUT2D eigenvalue weighted by Crippen LogP contribution is -2.40. The van der Waals surface area contributed by atoms with E-state index in [0.29, 0.717) is 11.5 Å². The Morgan fingerprint density at radius 3 is 2.48 bits per heavy atom. The molecule has 1 aromatic carbocycles. The lowest BCUT2D eigenvalue weighted by atomic mass is 9.78. The summed E-state index contributed by atoms with van der Waals surface area (Å²) in [6.45, 7) is 0.821. The number of aromatic nitrogens is 3. The summed E-state index contributed by atoms with van der Waals surface area (Å²) in [5.41, 5.74) is 2.40. The molecule has 0 bridgehead atoms. The van der Waals surface area contributed by atoms with Gasteiger partial charge in [0.1, 0.15) is 11.9 Å². The molecule has 2 N–H and O–H groups in total. The second kappa shape index (κ2) is 8.53. The van der Waals surface area contributed by atoms with Gasteiger partial charge in [-0.2, -0.15) is 0 Å². The third-order valence-electron chi connectivity index (χ3n) is 6.18. The van der Waals surface area contributed by atoms with Crippen molar-refractivity contribution in [2.75, 3.05) is 11.9 Å². The fraction of sp³-hybridized carbons (Fsp3) is 0.333. The molecule has 7 nitrogen and oxygen atoms in total. The Bertz CT molecular complexity index is 1020. The Labute approximate surface area is 181 Å². The molecule has 31 heavy (non-hydrogen) atoms. The van der Waals surface area contributed by atoms with E-state index >= 15 is 0 Å². The standard InChI is InChI=1S/C24H25N5O2/c30-22(29-21-15-26-20(14-27-21)19-8-4-5-13-25-19)17-9-11-24(12-10-17)16-28-23(31-24)18-6-2-1-3-7-18/h1-8,13-15,17,23,28H,9-12,16H2,(H,27,29,30). The van der Waals surface area contributed by atoms with E-state index in [2.05, 4.69) is 37.7 Å². The van der Waals surface area contributed by atoms with E-state index in [9.17, 15) is 4.79 Å². The number of pyridine rings is 1. The molecule has 1 amide bonds. The predicted octanol–water partition coefficient (Wildman–Crippen LogP) is 3.72. The molecule has 3 aromatic rings.